The van der Waals surface area contributed by atoms with Crippen LogP contribution in [-0.2, 0) is 28.9 Å². The molecule has 2 aliphatic heterocycles. The first-order valence-corrected chi connectivity index (χ1v) is 17.5. The molecule has 0 bridgehead atoms. The summed E-state index contributed by atoms with van der Waals surface area (Å²) in [6.45, 7) is 2.99. The summed E-state index contributed by atoms with van der Waals surface area (Å²) >= 11 is 0. The minimum absolute atomic E-state index is 0.00333. The molecule has 280 valence electrons. The molecule has 3 aromatic carbocycles. The molecular weight excluding hydrogens is 674 g/mol. The maximum Gasteiger partial charge on any atom is 0.231 e. The molecule has 0 aromatic heterocycles. The van der Waals surface area contributed by atoms with Gasteiger partial charge in [-0.25, -0.2) is 0 Å². The van der Waals surface area contributed by atoms with E-state index in [1.807, 2.05) is 79.2 Å². The van der Waals surface area contributed by atoms with Crippen LogP contribution in [0.25, 0.3) is 12.2 Å². The zero-order valence-electron chi connectivity index (χ0n) is 31.4. The van der Waals surface area contributed by atoms with Crippen LogP contribution in [0.15, 0.2) is 79.2 Å². The predicted molar refractivity (Wildman–Crippen MR) is 206 cm³/mol. The molecule has 5 rings (SSSR count). The smallest absolute Gasteiger partial charge is 0.231 e. The highest BCUT2D eigenvalue weighted by molar-refractivity contribution is 5.85. The summed E-state index contributed by atoms with van der Waals surface area (Å²) in [5.74, 6) is 3.85. The van der Waals surface area contributed by atoms with E-state index in [4.69, 9.17) is 28.4 Å². The molecule has 0 radical (unpaired) electrons. The molecule has 0 spiro atoms. The Morgan fingerprint density at radius 3 is 1.45 bits per heavy atom. The second kappa shape index (κ2) is 18.7. The molecule has 0 N–H and O–H groups in total. The Hall–Kier alpha value is -5.68. The number of carbonyl (C=O) groups excluding carboxylic acids is 2. The molecule has 0 fully saturated rings. The fourth-order valence-corrected chi connectivity index (χ4v) is 6.26. The maximum absolute atomic E-state index is 13.2. The number of rotatable bonds is 17. The molecule has 2 heterocycles. The van der Waals surface area contributed by atoms with Gasteiger partial charge in [0.05, 0.1) is 55.5 Å². The third kappa shape index (κ3) is 9.81. The number of nitrogens with zero attached hydrogens (tertiary/aromatic N) is 3. The van der Waals surface area contributed by atoms with Crippen molar-refractivity contribution in [3.8, 4) is 34.5 Å². The van der Waals surface area contributed by atoms with Gasteiger partial charge in [0, 0.05) is 45.1 Å². The van der Waals surface area contributed by atoms with Gasteiger partial charge in [0.2, 0.25) is 11.8 Å². The quantitative estimate of drug-likeness (QED) is 0.160. The Morgan fingerprint density at radius 2 is 1.00 bits per heavy atom. The van der Waals surface area contributed by atoms with Crippen molar-refractivity contribution in [2.75, 3.05) is 75.4 Å². The predicted octanol–water partition coefficient (Wildman–Crippen LogP) is 5.81. The fraction of sp³-hybridized carbons (Fsp3) is 0.333. The second-order valence-corrected chi connectivity index (χ2v) is 12.5. The highest BCUT2D eigenvalue weighted by Gasteiger charge is 2.20. The average Bonchev–Trinajstić information content (AvgIpc) is 3.43. The zero-order valence-corrected chi connectivity index (χ0v) is 31.4. The van der Waals surface area contributed by atoms with Gasteiger partial charge in [-0.1, -0.05) is 30.4 Å². The average molecular weight is 724 g/mol. The number of methoxy groups -OCH3 is 6. The molecule has 3 aromatic rings. The third-order valence-electron chi connectivity index (χ3n) is 9.31. The van der Waals surface area contributed by atoms with Crippen molar-refractivity contribution in [2.24, 2.45) is 0 Å². The molecule has 0 atom stereocenters. The fourth-order valence-electron chi connectivity index (χ4n) is 6.26. The molecule has 2 aliphatic rings. The van der Waals surface area contributed by atoms with Gasteiger partial charge in [0.25, 0.3) is 0 Å². The Labute approximate surface area is 312 Å². The second-order valence-electron chi connectivity index (χ2n) is 12.5. The van der Waals surface area contributed by atoms with Gasteiger partial charge in [0.15, 0.2) is 34.5 Å². The van der Waals surface area contributed by atoms with Crippen LogP contribution >= 0.6 is 0 Å². The summed E-state index contributed by atoms with van der Waals surface area (Å²) in [6, 6.07) is 13.5. The molecule has 53 heavy (non-hydrogen) atoms. The topological polar surface area (TPSA) is 99.2 Å². The molecule has 0 saturated carbocycles. The lowest BCUT2D eigenvalue weighted by molar-refractivity contribution is -0.128. The summed E-state index contributed by atoms with van der Waals surface area (Å²) in [5.41, 5.74) is 4.77. The van der Waals surface area contributed by atoms with Crippen LogP contribution in [-0.4, -0.2) is 102 Å². The van der Waals surface area contributed by atoms with Crippen molar-refractivity contribution in [2.45, 2.75) is 19.3 Å². The van der Waals surface area contributed by atoms with E-state index in [-0.39, 0.29) is 24.7 Å². The van der Waals surface area contributed by atoms with Crippen molar-refractivity contribution >= 4 is 24.0 Å². The van der Waals surface area contributed by atoms with E-state index in [0.717, 1.165) is 40.8 Å². The molecule has 11 nitrogen and oxygen atoms in total. The summed E-state index contributed by atoms with van der Waals surface area (Å²) in [4.78, 5) is 32.1. The van der Waals surface area contributed by atoms with Crippen LogP contribution in [0.2, 0.25) is 0 Å². The SMILES string of the molecule is COc1ccc(CCN(C/C=C\CN2C=Cc3cc(OC)c(OC)cc3CC2=O)C/C=C\CN2C=Cc3cc(OC)c(OC)cc3CC2=O)cc1OC. The van der Waals surface area contributed by atoms with Crippen LogP contribution < -0.4 is 28.4 Å². The van der Waals surface area contributed by atoms with E-state index in [1.165, 1.54) is 0 Å². The van der Waals surface area contributed by atoms with Gasteiger partial charge in [-0.3, -0.25) is 14.5 Å². The first-order valence-electron chi connectivity index (χ1n) is 17.5. The van der Waals surface area contributed by atoms with E-state index in [2.05, 4.69) is 17.1 Å². The highest BCUT2D eigenvalue weighted by Crippen LogP contribution is 2.34. The van der Waals surface area contributed by atoms with Gasteiger partial charge < -0.3 is 38.2 Å². The Kier molecular flexibility index (Phi) is 13.6. The van der Waals surface area contributed by atoms with Gasteiger partial charge in [-0.15, -0.1) is 0 Å². The lowest BCUT2D eigenvalue weighted by Gasteiger charge is -2.20. The molecule has 0 unspecified atom stereocenters. The number of hydrogen-bond acceptors (Lipinski definition) is 9. The van der Waals surface area contributed by atoms with Crippen LogP contribution in [0, 0.1) is 0 Å². The van der Waals surface area contributed by atoms with Crippen molar-refractivity contribution in [3.05, 3.63) is 107 Å². The van der Waals surface area contributed by atoms with Crippen LogP contribution in [0.5, 0.6) is 34.5 Å². The van der Waals surface area contributed by atoms with Crippen molar-refractivity contribution < 1.29 is 38.0 Å². The highest BCUT2D eigenvalue weighted by atomic mass is 16.5. The number of carbonyl (C=O) groups is 2. The summed E-state index contributed by atoms with van der Waals surface area (Å²) in [5, 5.41) is 0. The van der Waals surface area contributed by atoms with E-state index in [1.54, 1.807) is 52.5 Å². The maximum atomic E-state index is 13.2. The number of amides is 2. The van der Waals surface area contributed by atoms with Crippen molar-refractivity contribution in [3.63, 3.8) is 0 Å². The number of benzene rings is 3. The van der Waals surface area contributed by atoms with Crippen molar-refractivity contribution in [1.29, 1.82) is 0 Å². The van der Waals surface area contributed by atoms with Crippen LogP contribution in [0.1, 0.15) is 27.8 Å². The third-order valence-corrected chi connectivity index (χ3v) is 9.31. The zero-order chi connectivity index (χ0) is 37.7. The molecule has 0 aliphatic carbocycles. The van der Waals surface area contributed by atoms with E-state index < -0.39 is 0 Å². The molecule has 2 amide bonds. The van der Waals surface area contributed by atoms with E-state index >= 15 is 0 Å². The molecular formula is C42H49N3O8. The summed E-state index contributed by atoms with van der Waals surface area (Å²) in [6.07, 6.45) is 17.1. The minimum Gasteiger partial charge on any atom is -0.493 e. The molecule has 11 heteroatoms. The standard InChI is InChI=1S/C42H49N3O8/c1-48-35-12-11-30(23-36(35)49-2)13-20-43(16-7-9-18-44-21-14-31-24-37(50-3)39(52-5)26-33(31)28-41(44)46)17-8-10-19-45-22-15-32-25-38(51-4)40(53-6)27-34(32)29-42(45)47/h7-12,14-15,21-27H,13,16-20,28-29H2,1-6H3/b9-7-,10-8-. The first-order chi connectivity index (χ1) is 25.8. The number of ether oxygens (including phenoxy) is 6. The summed E-state index contributed by atoms with van der Waals surface area (Å²) < 4.78 is 32.7. The van der Waals surface area contributed by atoms with Gasteiger partial charge in [-0.05, 0) is 82.8 Å². The lowest BCUT2D eigenvalue weighted by Crippen LogP contribution is -2.29. The monoisotopic (exact) mass is 723 g/mol. The number of hydrogen-bond donors (Lipinski definition) is 0. The van der Waals surface area contributed by atoms with E-state index in [9.17, 15) is 9.59 Å². The Balaban J connectivity index is 1.23. The van der Waals surface area contributed by atoms with Crippen LogP contribution in [0.4, 0.5) is 0 Å². The Morgan fingerprint density at radius 1 is 0.566 bits per heavy atom. The number of fused-ring (bicyclic) bond motifs is 2. The normalized spacial score (nSPS) is 14.0. The van der Waals surface area contributed by atoms with Gasteiger partial charge in [-0.2, -0.15) is 0 Å². The van der Waals surface area contributed by atoms with Gasteiger partial charge in [0.1, 0.15) is 0 Å². The first kappa shape index (κ1) is 38.5. The van der Waals surface area contributed by atoms with E-state index in [0.29, 0.717) is 60.7 Å². The van der Waals surface area contributed by atoms with Gasteiger partial charge >= 0.3 is 0 Å². The minimum atomic E-state index is 0.00333. The lowest BCUT2D eigenvalue weighted by atomic mass is 10.0. The Bertz CT molecular complexity index is 1780. The van der Waals surface area contributed by atoms with Crippen molar-refractivity contribution in [1.82, 2.24) is 14.7 Å². The largest absolute Gasteiger partial charge is 0.493 e. The summed E-state index contributed by atoms with van der Waals surface area (Å²) in [7, 11) is 9.64. The molecule has 0 saturated heterocycles. The van der Waals surface area contributed by atoms with Crippen LogP contribution in [0.3, 0.4) is 0 Å².